The Hall–Kier alpha value is -4.51. The third-order valence-electron chi connectivity index (χ3n) is 5.34. The fourth-order valence-corrected chi connectivity index (χ4v) is 4.76. The molecule has 3 heterocycles. The van der Waals surface area contributed by atoms with Crippen LogP contribution in [0.4, 0.5) is 10.2 Å². The van der Waals surface area contributed by atoms with Crippen molar-refractivity contribution in [2.75, 3.05) is 11.8 Å². The van der Waals surface area contributed by atoms with E-state index in [0.29, 0.717) is 27.9 Å². The Balaban J connectivity index is 1.67. The smallest absolute Gasteiger partial charge is 0.263 e. The summed E-state index contributed by atoms with van der Waals surface area (Å²) in [4.78, 5) is 16.6. The molecule has 11 heteroatoms. The van der Waals surface area contributed by atoms with Gasteiger partial charge in [-0.15, -0.1) is 0 Å². The highest BCUT2D eigenvalue weighted by Gasteiger charge is 2.19. The number of anilines is 1. The van der Waals surface area contributed by atoms with Gasteiger partial charge in [0.2, 0.25) is 5.95 Å². The van der Waals surface area contributed by atoms with E-state index in [1.807, 2.05) is 0 Å². The Morgan fingerprint density at radius 2 is 1.91 bits per heavy atom. The van der Waals surface area contributed by atoms with Crippen molar-refractivity contribution in [1.29, 1.82) is 0 Å². The van der Waals surface area contributed by atoms with Crippen LogP contribution >= 0.6 is 0 Å². The highest BCUT2D eigenvalue weighted by molar-refractivity contribution is 7.92. The summed E-state index contributed by atoms with van der Waals surface area (Å²) >= 11 is 0. The summed E-state index contributed by atoms with van der Waals surface area (Å²) in [6.45, 7) is 0. The third kappa shape index (κ3) is 4.13. The van der Waals surface area contributed by atoms with Crippen LogP contribution < -0.4 is 15.0 Å². The molecule has 5 aromatic rings. The zero-order chi connectivity index (χ0) is 24.6. The van der Waals surface area contributed by atoms with Crippen LogP contribution in [0.25, 0.3) is 27.7 Å². The number of halogens is 1. The molecule has 3 aromatic heterocycles. The number of pyridine rings is 2. The minimum Gasteiger partial charge on any atom is -0.495 e. The molecule has 0 atom stereocenters. The molecular weight excluding hydrogens is 475 g/mol. The number of ether oxygens (including phenoxy) is 1. The maximum atomic E-state index is 14.3. The molecule has 0 saturated carbocycles. The largest absolute Gasteiger partial charge is 0.495 e. The van der Waals surface area contributed by atoms with Gasteiger partial charge in [-0.3, -0.25) is 14.1 Å². The van der Waals surface area contributed by atoms with E-state index in [0.717, 1.165) is 0 Å². The lowest BCUT2D eigenvalue weighted by molar-refractivity contribution is 0.413. The lowest BCUT2D eigenvalue weighted by Crippen LogP contribution is -2.19. The van der Waals surface area contributed by atoms with Crippen molar-refractivity contribution in [2.24, 2.45) is 0 Å². The molecule has 0 amide bonds. The van der Waals surface area contributed by atoms with E-state index >= 15 is 0 Å². The van der Waals surface area contributed by atoms with Gasteiger partial charge in [-0.05, 0) is 54.1 Å². The average molecular weight is 492 g/mol. The number of hydrogen-bond donors (Lipinski definition) is 1. The second kappa shape index (κ2) is 8.69. The van der Waals surface area contributed by atoms with Crippen LogP contribution in [-0.4, -0.2) is 30.2 Å². The van der Waals surface area contributed by atoms with Gasteiger partial charge in [0.05, 0.1) is 23.2 Å². The summed E-state index contributed by atoms with van der Waals surface area (Å²) < 4.78 is 53.7. The number of rotatable bonds is 6. The van der Waals surface area contributed by atoms with Crippen LogP contribution in [0.5, 0.6) is 5.75 Å². The number of methoxy groups -OCH3 is 1. The Bertz CT molecular complexity index is 1720. The molecule has 0 aliphatic carbocycles. The second-order valence-corrected chi connectivity index (χ2v) is 9.13. The summed E-state index contributed by atoms with van der Waals surface area (Å²) in [7, 11) is -2.50. The molecule has 0 unspecified atom stereocenters. The maximum absolute atomic E-state index is 14.3. The SMILES string of the molecule is COc1ccc(-c2cccnc2F)cc1-n1c(=O)ccc2cc(S(=O)(=O)Nc3ccon3)ccc21. The first kappa shape index (κ1) is 22.3. The molecule has 0 aliphatic rings. The molecule has 0 radical (unpaired) electrons. The van der Waals surface area contributed by atoms with Crippen molar-refractivity contribution in [2.45, 2.75) is 4.90 Å². The number of sulfonamides is 1. The molecule has 5 rings (SSSR count). The van der Waals surface area contributed by atoms with Crippen molar-refractivity contribution in [3.05, 3.63) is 95.5 Å². The van der Waals surface area contributed by atoms with Gasteiger partial charge < -0.3 is 9.26 Å². The minimum absolute atomic E-state index is 0.0312. The predicted octanol–water partition coefficient (Wildman–Crippen LogP) is 3.99. The second-order valence-electron chi connectivity index (χ2n) is 7.45. The first-order chi connectivity index (χ1) is 16.9. The van der Waals surface area contributed by atoms with E-state index < -0.39 is 16.0 Å². The quantitative estimate of drug-likeness (QED) is 0.356. The molecule has 1 N–H and O–H groups in total. The van der Waals surface area contributed by atoms with E-state index in [9.17, 15) is 17.6 Å². The van der Waals surface area contributed by atoms with Gasteiger partial charge in [-0.2, -0.15) is 4.39 Å². The Morgan fingerprint density at radius 1 is 1.06 bits per heavy atom. The monoisotopic (exact) mass is 492 g/mol. The normalized spacial score (nSPS) is 11.5. The molecule has 35 heavy (non-hydrogen) atoms. The fourth-order valence-electron chi connectivity index (χ4n) is 3.74. The summed E-state index contributed by atoms with van der Waals surface area (Å²) in [5, 5.41) is 4.04. The van der Waals surface area contributed by atoms with Gasteiger partial charge in [-0.25, -0.2) is 13.4 Å². The van der Waals surface area contributed by atoms with Gasteiger partial charge in [0.1, 0.15) is 12.0 Å². The number of nitrogens with zero attached hydrogens (tertiary/aromatic N) is 3. The lowest BCUT2D eigenvalue weighted by Gasteiger charge is -2.16. The van der Waals surface area contributed by atoms with E-state index in [-0.39, 0.29) is 21.8 Å². The van der Waals surface area contributed by atoms with Crippen LogP contribution in [0, 0.1) is 5.95 Å². The summed E-state index contributed by atoms with van der Waals surface area (Å²) in [5.41, 5.74) is 1.17. The molecular formula is C24H17FN4O5S. The zero-order valence-corrected chi connectivity index (χ0v) is 19.0. The molecule has 0 bridgehead atoms. The first-order valence-electron chi connectivity index (χ1n) is 10.3. The molecule has 176 valence electrons. The first-order valence-corrected chi connectivity index (χ1v) is 11.7. The molecule has 0 spiro atoms. The average Bonchev–Trinajstić information content (AvgIpc) is 3.36. The maximum Gasteiger partial charge on any atom is 0.263 e. The van der Waals surface area contributed by atoms with Crippen LogP contribution in [0.3, 0.4) is 0 Å². The fraction of sp³-hybridized carbons (Fsp3) is 0.0417. The van der Waals surface area contributed by atoms with E-state index in [2.05, 4.69) is 19.4 Å². The van der Waals surface area contributed by atoms with Crippen LogP contribution in [-0.2, 0) is 10.0 Å². The highest BCUT2D eigenvalue weighted by Crippen LogP contribution is 2.32. The van der Waals surface area contributed by atoms with Crippen LogP contribution in [0.1, 0.15) is 0 Å². The van der Waals surface area contributed by atoms with Gasteiger partial charge in [0, 0.05) is 29.3 Å². The number of hydrogen-bond acceptors (Lipinski definition) is 7. The Morgan fingerprint density at radius 3 is 2.66 bits per heavy atom. The van der Waals surface area contributed by atoms with Gasteiger partial charge in [0.15, 0.2) is 5.82 Å². The molecule has 2 aromatic carbocycles. The molecule has 0 aliphatic heterocycles. The summed E-state index contributed by atoms with van der Waals surface area (Å²) in [5.74, 6) is -0.236. The summed E-state index contributed by atoms with van der Waals surface area (Å²) in [6.07, 6.45) is 2.59. The number of fused-ring (bicyclic) bond motifs is 1. The zero-order valence-electron chi connectivity index (χ0n) is 18.2. The lowest BCUT2D eigenvalue weighted by atomic mass is 10.1. The number of nitrogens with one attached hydrogen (secondary N) is 1. The van der Waals surface area contributed by atoms with Gasteiger partial charge in [0.25, 0.3) is 15.6 Å². The third-order valence-corrected chi connectivity index (χ3v) is 6.70. The number of benzene rings is 2. The van der Waals surface area contributed by atoms with Crippen LogP contribution in [0.15, 0.2) is 93.4 Å². The van der Waals surface area contributed by atoms with E-state index in [1.54, 1.807) is 30.3 Å². The minimum atomic E-state index is -3.96. The predicted molar refractivity (Wildman–Crippen MR) is 127 cm³/mol. The standard InChI is InChI=1S/C24H17FN4O5S/c1-33-21-8-4-15(18-3-2-11-26-24(18)25)14-20(21)29-19-7-6-17(13-16(19)5-9-23(29)30)35(31,32)28-22-10-12-34-27-22/h2-14H,1H3,(H,27,28). The van der Waals surface area contributed by atoms with Crippen molar-refractivity contribution >= 4 is 26.7 Å². The Kier molecular flexibility index (Phi) is 5.53. The molecule has 0 saturated heterocycles. The topological polar surface area (TPSA) is 116 Å². The molecule has 9 nitrogen and oxygen atoms in total. The highest BCUT2D eigenvalue weighted by atomic mass is 32.2. The molecule has 0 fully saturated rings. The van der Waals surface area contributed by atoms with Gasteiger partial charge in [-0.1, -0.05) is 11.2 Å². The van der Waals surface area contributed by atoms with Crippen molar-refractivity contribution in [1.82, 2.24) is 14.7 Å². The summed E-state index contributed by atoms with van der Waals surface area (Å²) in [6, 6.07) is 16.7. The van der Waals surface area contributed by atoms with Gasteiger partial charge >= 0.3 is 0 Å². The van der Waals surface area contributed by atoms with Crippen molar-refractivity contribution < 1.29 is 22.1 Å². The number of aromatic nitrogens is 3. The van der Waals surface area contributed by atoms with Crippen LogP contribution in [0.2, 0.25) is 0 Å². The van der Waals surface area contributed by atoms with Crippen molar-refractivity contribution in [3.63, 3.8) is 0 Å². The van der Waals surface area contributed by atoms with E-state index in [4.69, 9.17) is 4.74 Å². The Labute approximate surface area is 198 Å². The van der Waals surface area contributed by atoms with Crippen molar-refractivity contribution in [3.8, 4) is 22.6 Å². The van der Waals surface area contributed by atoms with E-state index in [1.165, 1.54) is 60.5 Å².